The summed E-state index contributed by atoms with van der Waals surface area (Å²) in [5.74, 6) is 1.75. The number of aryl methyl sites for hydroxylation is 3. The molecular formula is C44H84N6O6P+3. The predicted molar refractivity (Wildman–Crippen MR) is 236 cm³/mol. The second-order valence-electron chi connectivity index (χ2n) is 14.6. The molecule has 3 aromatic rings. The van der Waals surface area contributed by atoms with Gasteiger partial charge in [-0.25, -0.2) is 28.1 Å². The van der Waals surface area contributed by atoms with Crippen molar-refractivity contribution in [1.82, 2.24) is 13.7 Å². The lowest BCUT2D eigenvalue weighted by Gasteiger charge is -2.20. The van der Waals surface area contributed by atoms with Gasteiger partial charge in [-0.05, 0) is 133 Å². The number of rotatable bonds is 14. The van der Waals surface area contributed by atoms with Crippen LogP contribution in [0.25, 0.3) is 0 Å². The summed E-state index contributed by atoms with van der Waals surface area (Å²) in [5.41, 5.74) is 7.75. The molecule has 3 rings (SSSR count). The first-order valence-electron chi connectivity index (χ1n) is 21.3. The summed E-state index contributed by atoms with van der Waals surface area (Å²) in [4.78, 5) is 35.0. The minimum Gasteiger partial charge on any atom is -0.312 e. The van der Waals surface area contributed by atoms with Crippen molar-refractivity contribution < 1.29 is 27.3 Å². The van der Waals surface area contributed by atoms with Crippen LogP contribution in [0, 0.1) is 32.6 Å². The third-order valence-corrected chi connectivity index (χ3v) is 11.9. The molecular weight excluding hydrogens is 739 g/mol. The molecule has 0 bridgehead atoms. The van der Waals surface area contributed by atoms with Crippen LogP contribution in [-0.4, -0.2) is 34.1 Å². The van der Waals surface area contributed by atoms with E-state index < -0.39 is 24.7 Å². The molecule has 0 N–H and O–H groups in total. The highest BCUT2D eigenvalue weighted by Gasteiger charge is 2.17. The van der Waals surface area contributed by atoms with Crippen molar-refractivity contribution >= 4 is 7.60 Å². The summed E-state index contributed by atoms with van der Waals surface area (Å²) in [5, 5.41) is 0. The van der Waals surface area contributed by atoms with Gasteiger partial charge in [-0.2, -0.15) is 0 Å². The Hall–Kier alpha value is -3.21. The Bertz CT molecular complexity index is 1580. The molecule has 0 aliphatic carbocycles. The summed E-state index contributed by atoms with van der Waals surface area (Å²) >= 11 is 0. The van der Waals surface area contributed by atoms with Crippen molar-refractivity contribution in [1.29, 1.82) is 0 Å². The quantitative estimate of drug-likeness (QED) is 0.125. The van der Waals surface area contributed by atoms with E-state index in [-0.39, 0.29) is 19.6 Å². The lowest BCUT2D eigenvalue weighted by Crippen LogP contribution is -2.56. The second-order valence-corrected chi connectivity index (χ2v) is 17.2. The molecule has 0 aliphatic rings. The molecule has 12 nitrogen and oxygen atoms in total. The van der Waals surface area contributed by atoms with Crippen LogP contribution in [0.1, 0.15) is 137 Å². The van der Waals surface area contributed by atoms with Gasteiger partial charge in [0.05, 0.1) is 0 Å². The van der Waals surface area contributed by atoms with Crippen molar-refractivity contribution in [2.75, 3.05) is 20.4 Å². The third kappa shape index (κ3) is 17.7. The largest absolute Gasteiger partial charge is 0.416 e. The highest BCUT2D eigenvalue weighted by molar-refractivity contribution is 7.53. The van der Waals surface area contributed by atoms with Gasteiger partial charge < -0.3 is 9.05 Å². The fourth-order valence-electron chi connectivity index (χ4n) is 6.90. The van der Waals surface area contributed by atoms with Crippen molar-refractivity contribution in [2.45, 2.75) is 183 Å². The molecule has 2 aromatic heterocycles. The van der Waals surface area contributed by atoms with E-state index in [1.807, 2.05) is 0 Å². The fraction of sp³-hybridized carbons (Fsp3) is 0.727. The maximum absolute atomic E-state index is 11.7. The Morgan fingerprint density at radius 3 is 0.877 bits per heavy atom. The average molecular weight is 824 g/mol. The normalized spacial score (nSPS) is 10.8. The summed E-state index contributed by atoms with van der Waals surface area (Å²) in [6.45, 7) is 40.0. The summed E-state index contributed by atoms with van der Waals surface area (Å²) in [7, 11) is 0.103. The minimum atomic E-state index is -2.66. The molecule has 0 aliphatic heterocycles. The van der Waals surface area contributed by atoms with E-state index in [2.05, 4.69) is 132 Å². The van der Waals surface area contributed by atoms with Crippen molar-refractivity contribution in [3.05, 3.63) is 83.8 Å². The predicted octanol–water partition coefficient (Wildman–Crippen LogP) is 7.32. The van der Waals surface area contributed by atoms with Gasteiger partial charge in [-0.15, -0.1) is 0 Å². The Morgan fingerprint density at radius 2 is 0.772 bits per heavy atom. The molecule has 1 aromatic carbocycles. The van der Waals surface area contributed by atoms with E-state index in [9.17, 15) is 18.9 Å². The van der Waals surface area contributed by atoms with Crippen molar-refractivity contribution in [3.63, 3.8) is 0 Å². The number of nitrogens with zero attached hydrogens (tertiary/aromatic N) is 6. The zero-order valence-corrected chi connectivity index (χ0v) is 40.6. The number of hydrogen-bond donors (Lipinski definition) is 0. The molecule has 0 unspecified atom stereocenters. The summed E-state index contributed by atoms with van der Waals surface area (Å²) in [6.07, 6.45) is 11.7. The summed E-state index contributed by atoms with van der Waals surface area (Å²) in [6, 6.07) is 0. The van der Waals surface area contributed by atoms with E-state index in [1.165, 1.54) is 37.3 Å². The zero-order chi connectivity index (χ0) is 44.6. The maximum Gasteiger partial charge on any atom is 0.416 e. The standard InChI is InChI=1S/C15H24.C9H15N3O3.C9H18N3.C7H16.C4H11O3P/c1-7-13-10(4)14(8-2)12(6)15(9-3)11(13)5;1-4-10-7(13)11(5-2)9(15)12(6-3)8(10)14;1-4-10-7-11(5-2)9-12(6-3)8-10;1-6(2)5-7(3)4;1-4-8(5,6-2)7-3/h7-9H2,1-6H3;4-6H2,1-3H3;7-9H,4-6H2,1-3H3;6-7H,5H2,1-4H3;4H2,1-3H3/q;;+3;;. The van der Waals surface area contributed by atoms with Crippen LogP contribution in [0.3, 0.4) is 0 Å². The topological polar surface area (TPSA) is 113 Å². The molecule has 0 radical (unpaired) electrons. The molecule has 0 amide bonds. The molecule has 13 heteroatoms. The molecule has 328 valence electrons. The highest BCUT2D eigenvalue weighted by atomic mass is 31.2. The Balaban J connectivity index is 0. The minimum absolute atomic E-state index is 0.276. The monoisotopic (exact) mass is 824 g/mol. The number of hydrogen-bond acceptors (Lipinski definition) is 6. The van der Waals surface area contributed by atoms with E-state index in [1.54, 1.807) is 44.4 Å². The molecule has 0 saturated heterocycles. The Morgan fingerprint density at radius 1 is 0.526 bits per heavy atom. The first-order chi connectivity index (χ1) is 26.8. The first-order valence-corrected chi connectivity index (χ1v) is 23.1. The van der Waals surface area contributed by atoms with E-state index in [4.69, 9.17) is 0 Å². The van der Waals surface area contributed by atoms with Crippen LogP contribution in [0.15, 0.2) is 33.4 Å². The molecule has 2 heterocycles. The van der Waals surface area contributed by atoms with E-state index in [0.717, 1.165) is 64.4 Å². The second kappa shape index (κ2) is 29.1. The highest BCUT2D eigenvalue weighted by Crippen LogP contribution is 2.45. The number of benzene rings is 1. The molecule has 0 atom stereocenters. The van der Waals surface area contributed by atoms with Crippen LogP contribution in [-0.2, 0) is 72.1 Å². The van der Waals surface area contributed by atoms with Crippen LogP contribution in [0.5, 0.6) is 0 Å². The first kappa shape index (κ1) is 55.9. The van der Waals surface area contributed by atoms with Crippen LogP contribution in [0.4, 0.5) is 0 Å². The average Bonchev–Trinajstić information content (AvgIpc) is 3.18. The maximum atomic E-state index is 11.7. The van der Waals surface area contributed by atoms with Crippen LogP contribution < -0.4 is 30.8 Å². The van der Waals surface area contributed by atoms with Gasteiger partial charge >= 0.3 is 43.6 Å². The molecule has 0 fully saturated rings. The molecule has 0 saturated carbocycles. The Kier molecular flexibility index (Phi) is 28.5. The van der Waals surface area contributed by atoms with Crippen LogP contribution in [0.2, 0.25) is 0 Å². The van der Waals surface area contributed by atoms with Gasteiger partial charge in [-0.1, -0.05) is 69.1 Å². The van der Waals surface area contributed by atoms with E-state index >= 15 is 0 Å². The molecule has 0 spiro atoms. The van der Waals surface area contributed by atoms with Gasteiger partial charge in [0.2, 0.25) is 0 Å². The Labute approximate surface area is 346 Å². The van der Waals surface area contributed by atoms with Crippen molar-refractivity contribution in [3.8, 4) is 0 Å². The van der Waals surface area contributed by atoms with Gasteiger partial charge in [-0.3, -0.25) is 4.57 Å². The number of aromatic nitrogens is 6. The van der Waals surface area contributed by atoms with E-state index in [0.29, 0.717) is 6.16 Å². The third-order valence-electron chi connectivity index (χ3n) is 9.98. The summed E-state index contributed by atoms with van der Waals surface area (Å²) < 4.78 is 29.8. The molecule has 57 heavy (non-hydrogen) atoms. The smallest absolute Gasteiger partial charge is 0.312 e. The van der Waals surface area contributed by atoms with Gasteiger partial charge in [0.15, 0.2) is 19.6 Å². The SMILES string of the molecule is CC(C)CC(C)C.CCP(=O)(OC)OC.CC[n+]1c[n+](CC)c[n+](CC)c1.CCc1c(C)c(CC)c(C)c(CC)c1C.CCn1c(=O)n(CC)c(=O)n(CC)c1=O. The van der Waals surface area contributed by atoms with Gasteiger partial charge in [0, 0.05) is 40.0 Å². The van der Waals surface area contributed by atoms with Crippen LogP contribution >= 0.6 is 7.60 Å². The van der Waals surface area contributed by atoms with Crippen molar-refractivity contribution in [2.24, 2.45) is 11.8 Å². The zero-order valence-electron chi connectivity index (χ0n) is 39.7. The lowest BCUT2D eigenvalue weighted by atomic mass is 9.85. The fourth-order valence-corrected chi connectivity index (χ4v) is 7.57. The lowest BCUT2D eigenvalue weighted by molar-refractivity contribution is -0.939. The van der Waals surface area contributed by atoms with Gasteiger partial charge in [0.1, 0.15) is 0 Å². The van der Waals surface area contributed by atoms with Gasteiger partial charge in [0.25, 0.3) is 0 Å².